The third kappa shape index (κ3) is 7.44. The van der Waals surface area contributed by atoms with Crippen LogP contribution in [-0.2, 0) is 26.2 Å². The van der Waals surface area contributed by atoms with Gasteiger partial charge in [-0.15, -0.1) is 0 Å². The SMILES string of the molecule is COc1cccc(CN(C(=O)CN(c2ccc(Cl)cc2C)S(=O)(=O)c2ccc(C)cc2)[C@H](C)C(=O)NC2CCCC2)c1. The maximum absolute atomic E-state index is 14.2. The zero-order valence-electron chi connectivity index (χ0n) is 24.5. The second-order valence-corrected chi connectivity index (χ2v) is 13.1. The van der Waals surface area contributed by atoms with Crippen LogP contribution in [-0.4, -0.2) is 50.9 Å². The first kappa shape index (κ1) is 31.4. The lowest BCUT2D eigenvalue weighted by Gasteiger charge is -2.33. The Hall–Kier alpha value is -3.56. The number of halogens is 1. The summed E-state index contributed by atoms with van der Waals surface area (Å²) in [4.78, 5) is 29.0. The molecule has 3 aromatic carbocycles. The quantitative estimate of drug-likeness (QED) is 0.303. The van der Waals surface area contributed by atoms with Crippen LogP contribution in [0.2, 0.25) is 5.02 Å². The molecule has 0 aliphatic heterocycles. The number of ether oxygens (including phenoxy) is 1. The van der Waals surface area contributed by atoms with E-state index in [1.807, 2.05) is 19.1 Å². The molecule has 1 aliphatic rings. The average Bonchev–Trinajstić information content (AvgIpc) is 3.48. The molecule has 42 heavy (non-hydrogen) atoms. The molecule has 1 saturated carbocycles. The zero-order chi connectivity index (χ0) is 30.4. The first-order valence-corrected chi connectivity index (χ1v) is 15.9. The van der Waals surface area contributed by atoms with E-state index in [9.17, 15) is 18.0 Å². The van der Waals surface area contributed by atoms with Crippen molar-refractivity contribution < 1.29 is 22.7 Å². The van der Waals surface area contributed by atoms with E-state index in [1.165, 1.54) is 17.0 Å². The first-order valence-electron chi connectivity index (χ1n) is 14.1. The fraction of sp³-hybridized carbons (Fsp3) is 0.375. The largest absolute Gasteiger partial charge is 0.497 e. The maximum atomic E-state index is 14.2. The number of methoxy groups -OCH3 is 1. The van der Waals surface area contributed by atoms with Gasteiger partial charge >= 0.3 is 0 Å². The van der Waals surface area contributed by atoms with Crippen molar-refractivity contribution in [2.75, 3.05) is 18.0 Å². The third-order valence-electron chi connectivity index (χ3n) is 7.67. The smallest absolute Gasteiger partial charge is 0.264 e. The van der Waals surface area contributed by atoms with E-state index in [1.54, 1.807) is 63.4 Å². The van der Waals surface area contributed by atoms with Crippen molar-refractivity contribution in [2.24, 2.45) is 0 Å². The summed E-state index contributed by atoms with van der Waals surface area (Å²) in [5.74, 6) is -0.172. The van der Waals surface area contributed by atoms with E-state index in [2.05, 4.69) is 5.32 Å². The topological polar surface area (TPSA) is 96.0 Å². The minimum atomic E-state index is -4.16. The summed E-state index contributed by atoms with van der Waals surface area (Å²) in [7, 11) is -2.60. The number of rotatable bonds is 11. The number of amides is 2. The van der Waals surface area contributed by atoms with Crippen molar-refractivity contribution in [2.45, 2.75) is 70.0 Å². The van der Waals surface area contributed by atoms with Crippen LogP contribution in [0.1, 0.15) is 49.3 Å². The van der Waals surface area contributed by atoms with Crippen LogP contribution in [0.15, 0.2) is 71.6 Å². The Morgan fingerprint density at radius 1 is 1.02 bits per heavy atom. The highest BCUT2D eigenvalue weighted by Crippen LogP contribution is 2.30. The molecule has 0 heterocycles. The molecule has 2 amide bonds. The Labute approximate surface area is 253 Å². The summed E-state index contributed by atoms with van der Waals surface area (Å²) in [6.07, 6.45) is 3.91. The lowest BCUT2D eigenvalue weighted by Crippen LogP contribution is -2.52. The summed E-state index contributed by atoms with van der Waals surface area (Å²) >= 11 is 6.19. The second-order valence-electron chi connectivity index (χ2n) is 10.8. The Morgan fingerprint density at radius 2 is 1.71 bits per heavy atom. The molecule has 224 valence electrons. The van der Waals surface area contributed by atoms with Gasteiger partial charge < -0.3 is 15.0 Å². The van der Waals surface area contributed by atoms with Crippen molar-refractivity contribution in [3.63, 3.8) is 0 Å². The van der Waals surface area contributed by atoms with Gasteiger partial charge in [0.15, 0.2) is 0 Å². The van der Waals surface area contributed by atoms with Gasteiger partial charge in [0, 0.05) is 17.6 Å². The molecule has 1 aliphatic carbocycles. The van der Waals surface area contributed by atoms with Crippen LogP contribution in [0, 0.1) is 13.8 Å². The molecule has 1 atom stereocenters. The van der Waals surface area contributed by atoms with Gasteiger partial charge in [0.05, 0.1) is 17.7 Å². The molecular formula is C32H38ClN3O5S. The molecule has 8 nitrogen and oxygen atoms in total. The number of sulfonamides is 1. The van der Waals surface area contributed by atoms with Crippen molar-refractivity contribution in [3.8, 4) is 5.75 Å². The number of nitrogens with one attached hydrogen (secondary N) is 1. The van der Waals surface area contributed by atoms with Gasteiger partial charge in [0.25, 0.3) is 10.0 Å². The minimum Gasteiger partial charge on any atom is -0.497 e. The summed E-state index contributed by atoms with van der Waals surface area (Å²) in [6, 6.07) is 17.8. The standard InChI is InChI=1S/C32H38ClN3O5S/c1-22-12-15-29(16-13-22)42(39,40)36(30-17-14-26(33)18-23(30)2)21-31(37)35(20-25-8-7-11-28(19-25)41-4)24(3)32(38)34-27-9-5-6-10-27/h7-8,11-19,24,27H,5-6,9-10,20-21H2,1-4H3,(H,34,38)/t24-/m1/s1. The van der Waals surface area contributed by atoms with Crippen LogP contribution in [0.4, 0.5) is 5.69 Å². The number of anilines is 1. The minimum absolute atomic E-state index is 0.0571. The third-order valence-corrected chi connectivity index (χ3v) is 9.68. The summed E-state index contributed by atoms with van der Waals surface area (Å²) < 4.78 is 34.5. The summed E-state index contributed by atoms with van der Waals surface area (Å²) in [5, 5.41) is 3.53. The van der Waals surface area contributed by atoms with Crippen molar-refractivity contribution in [1.82, 2.24) is 10.2 Å². The van der Waals surface area contributed by atoms with Crippen LogP contribution >= 0.6 is 11.6 Å². The number of carbonyl (C=O) groups is 2. The molecule has 0 aromatic heterocycles. The van der Waals surface area contributed by atoms with Gasteiger partial charge in [0.2, 0.25) is 11.8 Å². The van der Waals surface area contributed by atoms with E-state index in [-0.39, 0.29) is 23.4 Å². The number of aryl methyl sites for hydroxylation is 2. The van der Waals surface area contributed by atoms with Crippen LogP contribution in [0.25, 0.3) is 0 Å². The average molecular weight is 612 g/mol. The van der Waals surface area contributed by atoms with Crippen molar-refractivity contribution in [1.29, 1.82) is 0 Å². The van der Waals surface area contributed by atoms with Gasteiger partial charge in [-0.2, -0.15) is 0 Å². The Balaban J connectivity index is 1.72. The fourth-order valence-corrected chi connectivity index (χ4v) is 6.90. The lowest BCUT2D eigenvalue weighted by atomic mass is 10.1. The van der Waals surface area contributed by atoms with Crippen LogP contribution in [0.5, 0.6) is 5.75 Å². The van der Waals surface area contributed by atoms with Gasteiger partial charge in [-0.25, -0.2) is 8.42 Å². The molecule has 0 spiro atoms. The number of hydrogen-bond donors (Lipinski definition) is 1. The second kappa shape index (κ2) is 13.6. The molecule has 3 aromatic rings. The first-order chi connectivity index (χ1) is 20.0. The van der Waals surface area contributed by atoms with Crippen molar-refractivity contribution in [3.05, 3.63) is 88.4 Å². The molecule has 0 radical (unpaired) electrons. The van der Waals surface area contributed by atoms with Crippen LogP contribution in [0.3, 0.4) is 0 Å². The Bertz CT molecular complexity index is 1520. The van der Waals surface area contributed by atoms with E-state index in [4.69, 9.17) is 16.3 Å². The number of benzene rings is 3. The molecule has 0 saturated heterocycles. The fourth-order valence-electron chi connectivity index (χ4n) is 5.19. The zero-order valence-corrected chi connectivity index (χ0v) is 26.0. The normalized spacial score (nSPS) is 14.3. The molecule has 10 heteroatoms. The van der Waals surface area contributed by atoms with E-state index in [0.29, 0.717) is 22.0 Å². The maximum Gasteiger partial charge on any atom is 0.264 e. The molecule has 0 unspecified atom stereocenters. The van der Waals surface area contributed by atoms with Crippen molar-refractivity contribution >= 4 is 39.1 Å². The Kier molecular flexibility index (Phi) is 10.2. The Morgan fingerprint density at radius 3 is 2.36 bits per heavy atom. The van der Waals surface area contributed by atoms with Gasteiger partial charge in [-0.1, -0.05) is 54.3 Å². The highest BCUT2D eigenvalue weighted by molar-refractivity contribution is 7.92. The number of nitrogens with zero attached hydrogens (tertiary/aromatic N) is 2. The number of hydrogen-bond acceptors (Lipinski definition) is 5. The lowest BCUT2D eigenvalue weighted by molar-refractivity contribution is -0.139. The predicted octanol–water partition coefficient (Wildman–Crippen LogP) is 5.64. The van der Waals surface area contributed by atoms with E-state index < -0.39 is 28.5 Å². The van der Waals surface area contributed by atoms with E-state index in [0.717, 1.165) is 41.1 Å². The molecule has 0 bridgehead atoms. The molecule has 1 fully saturated rings. The van der Waals surface area contributed by atoms with Gasteiger partial charge in [-0.3, -0.25) is 13.9 Å². The molecular weight excluding hydrogens is 574 g/mol. The highest BCUT2D eigenvalue weighted by atomic mass is 35.5. The predicted molar refractivity (Wildman–Crippen MR) is 165 cm³/mol. The summed E-state index contributed by atoms with van der Waals surface area (Å²) in [6.45, 7) is 4.87. The highest BCUT2D eigenvalue weighted by Gasteiger charge is 2.34. The molecule has 1 N–H and O–H groups in total. The monoisotopic (exact) mass is 611 g/mol. The number of carbonyl (C=O) groups excluding carboxylic acids is 2. The van der Waals surface area contributed by atoms with Crippen LogP contribution < -0.4 is 14.4 Å². The molecule has 4 rings (SSSR count). The van der Waals surface area contributed by atoms with E-state index >= 15 is 0 Å². The summed E-state index contributed by atoms with van der Waals surface area (Å²) in [5.41, 5.74) is 2.58. The van der Waals surface area contributed by atoms with Gasteiger partial charge in [0.1, 0.15) is 18.3 Å². The van der Waals surface area contributed by atoms with Gasteiger partial charge in [-0.05, 0) is 87.2 Å².